The Labute approximate surface area is 148 Å². The van der Waals surface area contributed by atoms with Crippen LogP contribution in [0.1, 0.15) is 26.3 Å². The van der Waals surface area contributed by atoms with Crippen molar-refractivity contribution in [1.29, 1.82) is 0 Å². The number of carbonyl (C=O) groups excluding carboxylic acids is 3. The minimum absolute atomic E-state index is 0.196. The third-order valence-corrected chi connectivity index (χ3v) is 3.98. The minimum atomic E-state index is -5.19. The van der Waals surface area contributed by atoms with Crippen LogP contribution in [0.4, 0.5) is 18.0 Å². The number of benzene rings is 1. The largest absolute Gasteiger partial charge is 0.440 e. The predicted octanol–water partition coefficient (Wildman–Crippen LogP) is 2.20. The van der Waals surface area contributed by atoms with Crippen molar-refractivity contribution < 1.29 is 27.6 Å². The molecule has 1 aromatic rings. The Bertz CT molecular complexity index is 713. The Morgan fingerprint density at radius 3 is 2.23 bits per heavy atom. The Kier molecular flexibility index (Phi) is 5.03. The maximum Gasteiger partial charge on any atom is 0.440 e. The molecule has 0 aromatic heterocycles. The van der Waals surface area contributed by atoms with Gasteiger partial charge in [0, 0.05) is 12.0 Å². The first-order valence-corrected chi connectivity index (χ1v) is 7.96. The van der Waals surface area contributed by atoms with Crippen LogP contribution in [0.25, 0.3) is 0 Å². The van der Waals surface area contributed by atoms with E-state index in [2.05, 4.69) is 0 Å². The molecule has 0 spiro atoms. The van der Waals surface area contributed by atoms with Crippen LogP contribution in [0, 0.1) is 5.41 Å². The van der Waals surface area contributed by atoms with Gasteiger partial charge in [0.05, 0.1) is 0 Å². The van der Waals surface area contributed by atoms with Gasteiger partial charge in [-0.05, 0) is 12.0 Å². The van der Waals surface area contributed by atoms with Crippen molar-refractivity contribution in [3.8, 4) is 0 Å². The molecule has 0 bridgehead atoms. The summed E-state index contributed by atoms with van der Waals surface area (Å²) < 4.78 is 40.9. The standard InChI is InChI=1S/C17H20F3N3O3/c1-15(2,3)12(24)21-16(17(18,19)20)13(25)23(14(26)22-16)10-9-11-7-5-4-6-8-11/h4-8H,9-10H2,1-3H3,(H,21,24)(H,22,26)/t16-/m1/s1. The topological polar surface area (TPSA) is 78.5 Å². The van der Waals surface area contributed by atoms with E-state index in [1.807, 2.05) is 0 Å². The Morgan fingerprint density at radius 1 is 1.15 bits per heavy atom. The lowest BCUT2D eigenvalue weighted by Gasteiger charge is -2.32. The number of carbonyl (C=O) groups is 3. The van der Waals surface area contributed by atoms with Crippen LogP contribution in [-0.2, 0) is 16.0 Å². The van der Waals surface area contributed by atoms with Gasteiger partial charge in [-0.2, -0.15) is 13.2 Å². The Morgan fingerprint density at radius 2 is 1.73 bits per heavy atom. The molecule has 0 aliphatic carbocycles. The van der Waals surface area contributed by atoms with Crippen molar-refractivity contribution in [2.45, 2.75) is 39.0 Å². The summed E-state index contributed by atoms with van der Waals surface area (Å²) in [5, 5.41) is 3.32. The average Bonchev–Trinajstić information content (AvgIpc) is 2.76. The molecule has 1 fully saturated rings. The van der Waals surface area contributed by atoms with E-state index in [0.29, 0.717) is 4.90 Å². The van der Waals surface area contributed by atoms with Crippen LogP contribution < -0.4 is 10.6 Å². The molecule has 0 unspecified atom stereocenters. The SMILES string of the molecule is CC(C)(C)C(=O)N[C@@]1(C(F)(F)F)NC(=O)N(CCc2ccccc2)C1=O. The molecule has 142 valence electrons. The molecule has 2 rings (SSSR count). The fourth-order valence-corrected chi connectivity index (χ4v) is 2.37. The maximum atomic E-state index is 13.6. The van der Waals surface area contributed by atoms with Crippen molar-refractivity contribution in [3.63, 3.8) is 0 Å². The minimum Gasteiger partial charge on any atom is -0.317 e. The molecule has 1 heterocycles. The highest BCUT2D eigenvalue weighted by Crippen LogP contribution is 2.34. The van der Waals surface area contributed by atoms with Crippen molar-refractivity contribution in [1.82, 2.24) is 15.5 Å². The molecule has 1 aromatic carbocycles. The summed E-state index contributed by atoms with van der Waals surface area (Å²) in [7, 11) is 0. The molecule has 1 aliphatic rings. The third kappa shape index (κ3) is 3.66. The second-order valence-corrected chi connectivity index (χ2v) is 7.07. The van der Waals surface area contributed by atoms with Crippen LogP contribution in [0.2, 0.25) is 0 Å². The molecule has 26 heavy (non-hydrogen) atoms. The smallest absolute Gasteiger partial charge is 0.317 e. The van der Waals surface area contributed by atoms with Crippen molar-refractivity contribution in [2.75, 3.05) is 6.54 Å². The van der Waals surface area contributed by atoms with Crippen LogP contribution >= 0.6 is 0 Å². The van der Waals surface area contributed by atoms with Gasteiger partial charge in [0.25, 0.3) is 11.6 Å². The number of imide groups is 1. The number of rotatable bonds is 4. The lowest BCUT2D eigenvalue weighted by molar-refractivity contribution is -0.205. The molecule has 4 amide bonds. The Balaban J connectivity index is 2.26. The zero-order valence-corrected chi connectivity index (χ0v) is 14.6. The highest BCUT2D eigenvalue weighted by molar-refractivity contribution is 6.09. The monoisotopic (exact) mass is 371 g/mol. The van der Waals surface area contributed by atoms with Crippen molar-refractivity contribution in [2.24, 2.45) is 5.41 Å². The number of halogens is 3. The van der Waals surface area contributed by atoms with E-state index in [4.69, 9.17) is 0 Å². The number of nitrogens with one attached hydrogen (secondary N) is 2. The van der Waals surface area contributed by atoms with E-state index in [1.54, 1.807) is 41.0 Å². The van der Waals surface area contributed by atoms with Gasteiger partial charge in [-0.1, -0.05) is 51.1 Å². The fourth-order valence-electron chi connectivity index (χ4n) is 2.37. The zero-order chi connectivity index (χ0) is 19.8. The molecular formula is C17H20F3N3O3. The molecule has 2 N–H and O–H groups in total. The quantitative estimate of drug-likeness (QED) is 0.797. The Hall–Kier alpha value is -2.58. The fraction of sp³-hybridized carbons (Fsp3) is 0.471. The molecule has 1 aliphatic heterocycles. The molecule has 0 radical (unpaired) electrons. The van der Waals surface area contributed by atoms with Gasteiger partial charge in [-0.15, -0.1) is 0 Å². The second kappa shape index (κ2) is 6.62. The van der Waals surface area contributed by atoms with Crippen LogP contribution in [0.15, 0.2) is 30.3 Å². The molecule has 1 saturated heterocycles. The summed E-state index contributed by atoms with van der Waals surface area (Å²) in [6.07, 6.45) is -5.00. The zero-order valence-electron chi connectivity index (χ0n) is 14.6. The van der Waals surface area contributed by atoms with Gasteiger partial charge in [0.15, 0.2) is 0 Å². The first-order valence-electron chi connectivity index (χ1n) is 7.96. The molecular weight excluding hydrogens is 351 g/mol. The summed E-state index contributed by atoms with van der Waals surface area (Å²) in [6.45, 7) is 3.97. The van der Waals surface area contributed by atoms with Gasteiger partial charge in [0.2, 0.25) is 5.91 Å². The number of amides is 4. The number of nitrogens with zero attached hydrogens (tertiary/aromatic N) is 1. The first-order chi connectivity index (χ1) is 11.9. The van der Waals surface area contributed by atoms with Gasteiger partial charge in [-0.25, -0.2) is 4.79 Å². The lowest BCUT2D eigenvalue weighted by atomic mass is 9.94. The predicted molar refractivity (Wildman–Crippen MR) is 86.8 cm³/mol. The van der Waals surface area contributed by atoms with E-state index >= 15 is 0 Å². The van der Waals surface area contributed by atoms with Gasteiger partial charge < -0.3 is 5.32 Å². The van der Waals surface area contributed by atoms with Gasteiger partial charge in [0.1, 0.15) is 0 Å². The normalized spacial score (nSPS) is 20.9. The number of alkyl halides is 3. The van der Waals surface area contributed by atoms with Crippen LogP contribution in [0.5, 0.6) is 0 Å². The third-order valence-electron chi connectivity index (χ3n) is 3.98. The van der Waals surface area contributed by atoms with Crippen molar-refractivity contribution in [3.05, 3.63) is 35.9 Å². The second-order valence-electron chi connectivity index (χ2n) is 7.07. The van der Waals surface area contributed by atoms with Crippen LogP contribution in [-0.4, -0.2) is 41.1 Å². The van der Waals surface area contributed by atoms with E-state index in [9.17, 15) is 27.6 Å². The van der Waals surface area contributed by atoms with E-state index in [-0.39, 0.29) is 13.0 Å². The van der Waals surface area contributed by atoms with E-state index in [0.717, 1.165) is 5.56 Å². The van der Waals surface area contributed by atoms with Crippen molar-refractivity contribution >= 4 is 17.8 Å². The lowest BCUT2D eigenvalue weighted by Crippen LogP contribution is -2.70. The highest BCUT2D eigenvalue weighted by Gasteiger charge is 2.69. The highest BCUT2D eigenvalue weighted by atomic mass is 19.4. The summed E-state index contributed by atoms with van der Waals surface area (Å²) in [4.78, 5) is 37.1. The summed E-state index contributed by atoms with van der Waals surface area (Å²) in [5.74, 6) is -2.54. The molecule has 0 saturated carbocycles. The average molecular weight is 371 g/mol. The molecule has 6 nitrogen and oxygen atoms in total. The van der Waals surface area contributed by atoms with E-state index in [1.165, 1.54) is 20.8 Å². The van der Waals surface area contributed by atoms with E-state index < -0.39 is 35.1 Å². The number of hydrogen-bond donors (Lipinski definition) is 2. The molecule has 1 atom stereocenters. The van der Waals surface area contributed by atoms with Gasteiger partial charge in [-0.3, -0.25) is 19.8 Å². The maximum absolute atomic E-state index is 13.6. The van der Waals surface area contributed by atoms with Gasteiger partial charge >= 0.3 is 12.2 Å². The first kappa shape index (κ1) is 19.7. The number of hydrogen-bond acceptors (Lipinski definition) is 3. The summed E-state index contributed by atoms with van der Waals surface area (Å²) >= 11 is 0. The summed E-state index contributed by atoms with van der Waals surface area (Å²) in [5.41, 5.74) is -3.87. The summed E-state index contributed by atoms with van der Waals surface area (Å²) in [6, 6.07) is 7.52. The number of urea groups is 1. The molecule has 9 heteroatoms. The van der Waals surface area contributed by atoms with Crippen LogP contribution in [0.3, 0.4) is 0 Å².